The molecule has 2 fully saturated rings. The monoisotopic (exact) mass is 419 g/mol. The van der Waals surface area contributed by atoms with Gasteiger partial charge in [-0.1, -0.05) is 25.1 Å². The number of imide groups is 1. The van der Waals surface area contributed by atoms with Gasteiger partial charge in [0.2, 0.25) is 0 Å². The first-order valence-electron chi connectivity index (χ1n) is 11.3. The molecule has 2 aromatic rings. The molecule has 0 unspecified atom stereocenters. The molecule has 5 nitrogen and oxygen atoms in total. The van der Waals surface area contributed by atoms with Crippen LogP contribution in [0.15, 0.2) is 42.5 Å². The molecular formula is C26H29NO4. The van der Waals surface area contributed by atoms with Crippen molar-refractivity contribution in [3.63, 3.8) is 0 Å². The Morgan fingerprint density at radius 1 is 0.968 bits per heavy atom. The summed E-state index contributed by atoms with van der Waals surface area (Å²) in [4.78, 5) is 21.9. The molecule has 162 valence electrons. The third-order valence-corrected chi connectivity index (χ3v) is 8.30. The second-order valence-corrected chi connectivity index (χ2v) is 9.77. The normalized spacial score (nSPS) is 32.7. The molecule has 0 spiro atoms. The van der Waals surface area contributed by atoms with Crippen LogP contribution in [0.1, 0.15) is 76.8 Å². The molecule has 0 radical (unpaired) electrons. The molecular weight excluding hydrogens is 390 g/mol. The van der Waals surface area contributed by atoms with Crippen LogP contribution in [0, 0.1) is 17.3 Å². The number of benzene rings is 2. The van der Waals surface area contributed by atoms with E-state index >= 15 is 0 Å². The number of fused-ring (bicyclic) bond motifs is 6. The molecule has 5 atom stereocenters. The number of aryl methyl sites for hydroxylation is 1. The van der Waals surface area contributed by atoms with E-state index in [0.29, 0.717) is 28.7 Å². The van der Waals surface area contributed by atoms with E-state index in [1.54, 1.807) is 24.3 Å². The molecule has 1 heterocycles. The van der Waals surface area contributed by atoms with E-state index in [-0.39, 0.29) is 23.3 Å². The number of carbonyl (C=O) groups is 2. The first-order valence-corrected chi connectivity index (χ1v) is 11.3. The van der Waals surface area contributed by atoms with Crippen LogP contribution < -0.4 is 5.32 Å². The SMILES string of the molecule is C[C@]12CC[C@@H]3c4ccc(O)cc4CC[C@H]3[C@@H]1CC[C@@H]2O.O=C1NC(=O)c2ccccc21. The number of aliphatic hydroxyl groups excluding tert-OH is 1. The molecule has 0 saturated heterocycles. The van der Waals surface area contributed by atoms with Gasteiger partial charge < -0.3 is 10.2 Å². The minimum atomic E-state index is -0.300. The summed E-state index contributed by atoms with van der Waals surface area (Å²) in [5, 5.41) is 22.3. The van der Waals surface area contributed by atoms with Crippen LogP contribution in [0.3, 0.4) is 0 Å². The van der Waals surface area contributed by atoms with Gasteiger partial charge >= 0.3 is 0 Å². The van der Waals surface area contributed by atoms with Gasteiger partial charge in [0.25, 0.3) is 11.8 Å². The molecule has 0 bridgehead atoms. The maximum atomic E-state index is 10.9. The lowest BCUT2D eigenvalue weighted by atomic mass is 9.55. The van der Waals surface area contributed by atoms with Crippen LogP contribution in [0.25, 0.3) is 0 Å². The third-order valence-electron chi connectivity index (χ3n) is 8.30. The standard InChI is InChI=1S/C18H24O2.C8H5NO2/c1-18-9-8-14-13-5-3-12(19)10-11(13)2-4-15(14)16(18)6-7-17(18)20;10-7-5-3-1-2-4-6(5)8(11)9-7/h3,5,10,14-17,19-20H,2,4,6-9H2,1H3;1-4H,(H,9,10,11)/t14-,15-,16+,17+,18+;/m1./s1. The van der Waals surface area contributed by atoms with Gasteiger partial charge in [-0.15, -0.1) is 0 Å². The number of amides is 2. The average Bonchev–Trinajstić information content (AvgIpc) is 3.23. The Morgan fingerprint density at radius 3 is 2.39 bits per heavy atom. The predicted molar refractivity (Wildman–Crippen MR) is 117 cm³/mol. The quantitative estimate of drug-likeness (QED) is 0.559. The highest BCUT2D eigenvalue weighted by Gasteiger charge is 2.54. The van der Waals surface area contributed by atoms with Crippen LogP contribution in [-0.4, -0.2) is 28.1 Å². The van der Waals surface area contributed by atoms with Gasteiger partial charge in [-0.2, -0.15) is 0 Å². The Labute approximate surface area is 182 Å². The van der Waals surface area contributed by atoms with Crippen molar-refractivity contribution < 1.29 is 19.8 Å². The molecule has 0 aromatic heterocycles. The van der Waals surface area contributed by atoms with Crippen molar-refractivity contribution in [3.05, 3.63) is 64.7 Å². The van der Waals surface area contributed by atoms with Crippen molar-refractivity contribution in [2.75, 3.05) is 0 Å². The largest absolute Gasteiger partial charge is 0.508 e. The fraction of sp³-hybridized carbons (Fsp3) is 0.462. The van der Waals surface area contributed by atoms with Gasteiger partial charge in [0.05, 0.1) is 17.2 Å². The van der Waals surface area contributed by atoms with Crippen LogP contribution >= 0.6 is 0 Å². The summed E-state index contributed by atoms with van der Waals surface area (Å²) in [7, 11) is 0. The Bertz CT molecular complexity index is 1010. The van der Waals surface area contributed by atoms with Gasteiger partial charge in [-0.05, 0) is 97.1 Å². The lowest BCUT2D eigenvalue weighted by Gasteiger charge is -2.50. The van der Waals surface area contributed by atoms with Gasteiger partial charge in [0.1, 0.15) is 5.75 Å². The first-order chi connectivity index (χ1) is 14.9. The molecule has 3 aliphatic carbocycles. The van der Waals surface area contributed by atoms with E-state index in [1.807, 2.05) is 12.1 Å². The minimum absolute atomic E-state index is 0.0883. The third kappa shape index (κ3) is 3.26. The Hall–Kier alpha value is -2.66. The van der Waals surface area contributed by atoms with Crippen molar-refractivity contribution in [1.82, 2.24) is 5.32 Å². The van der Waals surface area contributed by atoms with E-state index in [2.05, 4.69) is 18.3 Å². The topological polar surface area (TPSA) is 86.6 Å². The van der Waals surface area contributed by atoms with Crippen molar-refractivity contribution in [1.29, 1.82) is 0 Å². The second kappa shape index (κ2) is 7.49. The van der Waals surface area contributed by atoms with Crippen molar-refractivity contribution in [3.8, 4) is 5.75 Å². The Kier molecular flexibility index (Phi) is 4.89. The average molecular weight is 420 g/mol. The molecule has 5 heteroatoms. The van der Waals surface area contributed by atoms with E-state index in [4.69, 9.17) is 0 Å². The number of hydrogen-bond acceptors (Lipinski definition) is 4. The number of phenols is 1. The van der Waals surface area contributed by atoms with Crippen molar-refractivity contribution in [2.45, 2.75) is 57.5 Å². The molecule has 6 rings (SSSR count). The van der Waals surface area contributed by atoms with Crippen LogP contribution in [0.4, 0.5) is 0 Å². The maximum Gasteiger partial charge on any atom is 0.258 e. The molecule has 31 heavy (non-hydrogen) atoms. The van der Waals surface area contributed by atoms with Crippen LogP contribution in [-0.2, 0) is 6.42 Å². The summed E-state index contributed by atoms with van der Waals surface area (Å²) in [5.41, 5.74) is 3.93. The highest BCUT2D eigenvalue weighted by molar-refractivity contribution is 6.21. The highest BCUT2D eigenvalue weighted by Crippen LogP contribution is 2.60. The lowest BCUT2D eigenvalue weighted by molar-refractivity contribution is -0.0226. The van der Waals surface area contributed by atoms with Crippen molar-refractivity contribution in [2.24, 2.45) is 17.3 Å². The summed E-state index contributed by atoms with van der Waals surface area (Å²) in [6.07, 6.45) is 6.78. The zero-order valence-electron chi connectivity index (χ0n) is 17.8. The zero-order chi connectivity index (χ0) is 21.8. The van der Waals surface area contributed by atoms with Crippen molar-refractivity contribution >= 4 is 11.8 Å². The molecule has 2 saturated carbocycles. The molecule has 2 amide bonds. The summed E-state index contributed by atoms with van der Waals surface area (Å²) < 4.78 is 0. The van der Waals surface area contributed by atoms with Gasteiger partial charge in [-0.3, -0.25) is 14.9 Å². The Balaban J connectivity index is 0.000000157. The van der Waals surface area contributed by atoms with Gasteiger partial charge in [-0.25, -0.2) is 0 Å². The molecule has 1 aliphatic heterocycles. The number of phenolic OH excluding ortho intramolecular Hbond substituents is 1. The summed E-state index contributed by atoms with van der Waals surface area (Å²) in [6, 6.07) is 12.7. The number of nitrogens with one attached hydrogen (secondary N) is 1. The van der Waals surface area contributed by atoms with Gasteiger partial charge in [0.15, 0.2) is 0 Å². The molecule has 4 aliphatic rings. The van der Waals surface area contributed by atoms with E-state index in [0.717, 1.165) is 25.2 Å². The number of carbonyl (C=O) groups excluding carboxylic acids is 2. The summed E-state index contributed by atoms with van der Waals surface area (Å²) >= 11 is 0. The van der Waals surface area contributed by atoms with E-state index < -0.39 is 0 Å². The molecule has 2 aromatic carbocycles. The highest BCUT2D eigenvalue weighted by atomic mass is 16.3. The number of aliphatic hydroxyl groups is 1. The fourth-order valence-corrected chi connectivity index (χ4v) is 6.66. The second-order valence-electron chi connectivity index (χ2n) is 9.77. The van der Waals surface area contributed by atoms with E-state index in [9.17, 15) is 19.8 Å². The predicted octanol–water partition coefficient (Wildman–Crippen LogP) is 4.18. The zero-order valence-corrected chi connectivity index (χ0v) is 17.8. The Morgan fingerprint density at radius 2 is 1.68 bits per heavy atom. The summed E-state index contributed by atoms with van der Waals surface area (Å²) in [6.45, 7) is 2.32. The lowest BCUT2D eigenvalue weighted by Crippen LogP contribution is -2.43. The number of hydrogen-bond donors (Lipinski definition) is 3. The fourth-order valence-electron chi connectivity index (χ4n) is 6.66. The minimum Gasteiger partial charge on any atom is -0.508 e. The molecule has 3 N–H and O–H groups in total. The van der Waals surface area contributed by atoms with Crippen LogP contribution in [0.5, 0.6) is 5.75 Å². The first kappa shape index (κ1) is 20.3. The smallest absolute Gasteiger partial charge is 0.258 e. The van der Waals surface area contributed by atoms with Gasteiger partial charge in [0, 0.05) is 0 Å². The van der Waals surface area contributed by atoms with E-state index in [1.165, 1.54) is 30.4 Å². The number of rotatable bonds is 0. The van der Waals surface area contributed by atoms with Crippen LogP contribution in [0.2, 0.25) is 0 Å². The summed E-state index contributed by atoms with van der Waals surface area (Å²) in [5.74, 6) is 1.89. The maximum absolute atomic E-state index is 10.9. The number of aromatic hydroxyl groups is 1.